The molecule has 88 valence electrons. The molecule has 0 unspecified atom stereocenters. The zero-order valence-corrected chi connectivity index (χ0v) is 10.4. The van der Waals surface area contributed by atoms with Crippen molar-refractivity contribution >= 4 is 23.1 Å². The molecular weight excluding hydrogens is 234 g/mol. The molecule has 0 fully saturated rings. The molecule has 1 aromatic heterocycles. The fraction of sp³-hybridized carbons (Fsp3) is 0.154. The van der Waals surface area contributed by atoms with Crippen LogP contribution in [0.25, 0.3) is 0 Å². The minimum Gasteiger partial charge on any atom is -0.397 e. The number of anilines is 2. The molecule has 1 heterocycles. The van der Waals surface area contributed by atoms with Gasteiger partial charge in [-0.2, -0.15) is 0 Å². The van der Waals surface area contributed by atoms with E-state index in [9.17, 15) is 0 Å². The number of nitrogen functional groups attached to an aromatic ring is 1. The third kappa shape index (κ3) is 3.11. The van der Waals surface area contributed by atoms with E-state index in [0.717, 1.165) is 17.4 Å². The maximum absolute atomic E-state index is 5.84. The van der Waals surface area contributed by atoms with Gasteiger partial charge in [0.25, 0.3) is 0 Å². The highest BCUT2D eigenvalue weighted by atomic mass is 35.5. The molecule has 0 atom stereocenters. The fourth-order valence-electron chi connectivity index (χ4n) is 1.57. The van der Waals surface area contributed by atoms with Crippen molar-refractivity contribution in [2.24, 2.45) is 0 Å². The van der Waals surface area contributed by atoms with E-state index < -0.39 is 0 Å². The smallest absolute Gasteiger partial charge is 0.128 e. The summed E-state index contributed by atoms with van der Waals surface area (Å²) in [6, 6.07) is 11.6. The van der Waals surface area contributed by atoms with Gasteiger partial charge >= 0.3 is 0 Å². The van der Waals surface area contributed by atoms with Gasteiger partial charge < -0.3 is 10.6 Å². The van der Waals surface area contributed by atoms with Gasteiger partial charge in [0.1, 0.15) is 5.82 Å². The van der Waals surface area contributed by atoms with Crippen molar-refractivity contribution < 1.29 is 0 Å². The first-order chi connectivity index (χ1) is 8.15. The molecule has 0 aliphatic heterocycles. The molecule has 1 aromatic carbocycles. The Labute approximate surface area is 106 Å². The quantitative estimate of drug-likeness (QED) is 0.907. The topological polar surface area (TPSA) is 42.1 Å². The first-order valence-electron chi connectivity index (χ1n) is 5.32. The van der Waals surface area contributed by atoms with E-state index in [1.54, 1.807) is 6.20 Å². The Hall–Kier alpha value is -1.74. The molecule has 2 aromatic rings. The van der Waals surface area contributed by atoms with Gasteiger partial charge in [-0.25, -0.2) is 4.98 Å². The number of nitrogens with zero attached hydrogens (tertiary/aromatic N) is 2. The molecule has 0 bridgehead atoms. The molecule has 3 nitrogen and oxygen atoms in total. The molecule has 0 spiro atoms. The van der Waals surface area contributed by atoms with E-state index in [1.165, 1.54) is 5.56 Å². The van der Waals surface area contributed by atoms with Crippen molar-refractivity contribution in [1.29, 1.82) is 0 Å². The van der Waals surface area contributed by atoms with E-state index in [2.05, 4.69) is 9.88 Å². The Bertz CT molecular complexity index is 479. The third-order valence-electron chi connectivity index (χ3n) is 2.49. The standard InChI is InChI=1S/C13H14ClN3/c1-17(13-7-6-12(15)8-16-13)9-10-2-4-11(14)5-3-10/h2-8H,9,15H2,1H3. The van der Waals surface area contributed by atoms with Gasteiger partial charge in [0.2, 0.25) is 0 Å². The summed E-state index contributed by atoms with van der Waals surface area (Å²) in [5, 5.41) is 0.752. The summed E-state index contributed by atoms with van der Waals surface area (Å²) in [6.45, 7) is 0.786. The third-order valence-corrected chi connectivity index (χ3v) is 2.75. The van der Waals surface area contributed by atoms with Gasteiger partial charge in [-0.15, -0.1) is 0 Å². The van der Waals surface area contributed by atoms with Crippen LogP contribution >= 0.6 is 11.6 Å². The summed E-state index contributed by atoms with van der Waals surface area (Å²) >= 11 is 5.84. The Kier molecular flexibility index (Phi) is 3.49. The van der Waals surface area contributed by atoms with Crippen LogP contribution in [0.2, 0.25) is 5.02 Å². The minimum atomic E-state index is 0.675. The molecule has 0 radical (unpaired) electrons. The Morgan fingerprint density at radius 2 is 1.88 bits per heavy atom. The first-order valence-corrected chi connectivity index (χ1v) is 5.70. The van der Waals surface area contributed by atoms with Crippen LogP contribution in [0.3, 0.4) is 0 Å². The van der Waals surface area contributed by atoms with Crippen LogP contribution in [-0.4, -0.2) is 12.0 Å². The van der Waals surface area contributed by atoms with Crippen LogP contribution in [-0.2, 0) is 6.54 Å². The van der Waals surface area contributed by atoms with Gasteiger partial charge in [0.05, 0.1) is 11.9 Å². The van der Waals surface area contributed by atoms with Crippen molar-refractivity contribution in [3.63, 3.8) is 0 Å². The van der Waals surface area contributed by atoms with Crippen LogP contribution in [0.4, 0.5) is 11.5 Å². The number of hydrogen-bond donors (Lipinski definition) is 1. The number of aromatic nitrogens is 1. The number of pyridine rings is 1. The monoisotopic (exact) mass is 247 g/mol. The second kappa shape index (κ2) is 5.06. The molecule has 0 aliphatic carbocycles. The van der Waals surface area contributed by atoms with Crippen LogP contribution in [0, 0.1) is 0 Å². The van der Waals surface area contributed by atoms with Crippen LogP contribution in [0.5, 0.6) is 0 Å². The van der Waals surface area contributed by atoms with Crippen molar-refractivity contribution in [3.8, 4) is 0 Å². The molecule has 0 saturated heterocycles. The first kappa shape index (κ1) is 11.7. The largest absolute Gasteiger partial charge is 0.397 e. The van der Waals surface area contributed by atoms with Gasteiger partial charge in [0, 0.05) is 18.6 Å². The van der Waals surface area contributed by atoms with Crippen LogP contribution < -0.4 is 10.6 Å². The average Bonchev–Trinajstić information content (AvgIpc) is 2.33. The number of halogens is 1. The predicted octanol–water partition coefficient (Wildman–Crippen LogP) is 2.95. The summed E-state index contributed by atoms with van der Waals surface area (Å²) < 4.78 is 0. The number of rotatable bonds is 3. The highest BCUT2D eigenvalue weighted by molar-refractivity contribution is 6.30. The zero-order valence-electron chi connectivity index (χ0n) is 9.60. The summed E-state index contributed by atoms with van der Waals surface area (Å²) in [7, 11) is 1.99. The van der Waals surface area contributed by atoms with Crippen LogP contribution in [0.1, 0.15) is 5.56 Å². The number of nitrogens with two attached hydrogens (primary N) is 1. The molecule has 0 saturated carbocycles. The highest BCUT2D eigenvalue weighted by Crippen LogP contribution is 2.15. The lowest BCUT2D eigenvalue weighted by molar-refractivity contribution is 0.898. The lowest BCUT2D eigenvalue weighted by atomic mass is 10.2. The van der Waals surface area contributed by atoms with Gasteiger partial charge in [-0.05, 0) is 29.8 Å². The summed E-state index contributed by atoms with van der Waals surface area (Å²) in [5.41, 5.74) is 7.47. The Morgan fingerprint density at radius 1 is 1.18 bits per heavy atom. The highest BCUT2D eigenvalue weighted by Gasteiger charge is 2.03. The summed E-state index contributed by atoms with van der Waals surface area (Å²) in [6.07, 6.45) is 1.66. The maximum Gasteiger partial charge on any atom is 0.128 e. The second-order valence-electron chi connectivity index (χ2n) is 3.93. The maximum atomic E-state index is 5.84. The average molecular weight is 248 g/mol. The molecule has 4 heteroatoms. The molecule has 0 aliphatic rings. The minimum absolute atomic E-state index is 0.675. The van der Waals surface area contributed by atoms with E-state index in [0.29, 0.717) is 5.69 Å². The summed E-state index contributed by atoms with van der Waals surface area (Å²) in [4.78, 5) is 6.32. The fourth-order valence-corrected chi connectivity index (χ4v) is 1.69. The van der Waals surface area contributed by atoms with E-state index >= 15 is 0 Å². The molecular formula is C13H14ClN3. The molecule has 17 heavy (non-hydrogen) atoms. The predicted molar refractivity (Wildman–Crippen MR) is 72.2 cm³/mol. The Balaban J connectivity index is 2.08. The van der Waals surface area contributed by atoms with E-state index in [-0.39, 0.29) is 0 Å². The SMILES string of the molecule is CN(Cc1ccc(Cl)cc1)c1ccc(N)cn1. The molecule has 2 rings (SSSR count). The van der Waals surface area contributed by atoms with Gasteiger partial charge in [-0.3, -0.25) is 0 Å². The molecule has 2 N–H and O–H groups in total. The zero-order chi connectivity index (χ0) is 12.3. The van der Waals surface area contributed by atoms with Crippen molar-refractivity contribution in [3.05, 3.63) is 53.2 Å². The van der Waals surface area contributed by atoms with Gasteiger partial charge in [0.15, 0.2) is 0 Å². The lowest BCUT2D eigenvalue weighted by Gasteiger charge is -2.18. The Morgan fingerprint density at radius 3 is 2.47 bits per heavy atom. The van der Waals surface area contributed by atoms with E-state index in [1.807, 2.05) is 43.4 Å². The van der Waals surface area contributed by atoms with E-state index in [4.69, 9.17) is 17.3 Å². The normalized spacial score (nSPS) is 10.2. The van der Waals surface area contributed by atoms with Crippen molar-refractivity contribution in [1.82, 2.24) is 4.98 Å². The summed E-state index contributed by atoms with van der Waals surface area (Å²) in [5.74, 6) is 0.897. The van der Waals surface area contributed by atoms with Crippen molar-refractivity contribution in [2.45, 2.75) is 6.54 Å². The van der Waals surface area contributed by atoms with Crippen molar-refractivity contribution in [2.75, 3.05) is 17.7 Å². The van der Waals surface area contributed by atoms with Crippen LogP contribution in [0.15, 0.2) is 42.6 Å². The molecule has 0 amide bonds. The number of benzene rings is 1. The van der Waals surface area contributed by atoms with Gasteiger partial charge in [-0.1, -0.05) is 23.7 Å². The second-order valence-corrected chi connectivity index (χ2v) is 4.37. The number of hydrogen-bond acceptors (Lipinski definition) is 3. The lowest BCUT2D eigenvalue weighted by Crippen LogP contribution is -2.17.